The highest BCUT2D eigenvalue weighted by Crippen LogP contribution is 2.28. The fraction of sp³-hybridized carbons (Fsp3) is 0.438. The second-order valence-corrected chi connectivity index (χ2v) is 5.80. The summed E-state index contributed by atoms with van der Waals surface area (Å²) in [5.74, 6) is -0.474. The number of para-hydroxylation sites is 1. The number of aliphatic carboxylic acids is 1. The van der Waals surface area contributed by atoms with Crippen molar-refractivity contribution in [1.29, 1.82) is 0 Å². The lowest BCUT2D eigenvalue weighted by molar-refractivity contribution is -0.143. The highest BCUT2D eigenvalue weighted by atomic mass is 16.4. The van der Waals surface area contributed by atoms with Gasteiger partial charge in [0.25, 0.3) is 0 Å². The predicted molar refractivity (Wildman–Crippen MR) is 78.5 cm³/mol. The molecule has 0 spiro atoms. The number of carboxylic acids is 1. The minimum absolute atomic E-state index is 0.225. The molecule has 106 valence electrons. The first-order valence-electron chi connectivity index (χ1n) is 7.07. The van der Waals surface area contributed by atoms with Gasteiger partial charge in [-0.15, -0.1) is 0 Å². The molecular weight excluding hydrogens is 252 g/mol. The van der Waals surface area contributed by atoms with Crippen molar-refractivity contribution in [2.24, 2.45) is 13.0 Å². The van der Waals surface area contributed by atoms with Crippen LogP contribution < -0.4 is 0 Å². The standard InChI is InChI=1S/C16H20N2O2/c1-11-7-8-18(15(11)16(19)20)10-12-9-17(2)14-6-4-3-5-13(12)14/h3-6,9,11,15H,7-8,10H2,1-2H3,(H,19,20). The highest BCUT2D eigenvalue weighted by Gasteiger charge is 2.36. The molecule has 1 N–H and O–H groups in total. The molecule has 0 radical (unpaired) electrons. The van der Waals surface area contributed by atoms with E-state index in [1.807, 2.05) is 26.1 Å². The summed E-state index contributed by atoms with van der Waals surface area (Å²) >= 11 is 0. The Hall–Kier alpha value is -1.81. The SMILES string of the molecule is CC1CCN(Cc2cn(C)c3ccccc23)C1C(=O)O. The number of hydrogen-bond donors (Lipinski definition) is 1. The van der Waals surface area contributed by atoms with Gasteiger partial charge >= 0.3 is 5.97 Å². The first-order valence-corrected chi connectivity index (χ1v) is 7.07. The van der Waals surface area contributed by atoms with E-state index < -0.39 is 5.97 Å². The van der Waals surface area contributed by atoms with Gasteiger partial charge in [-0.3, -0.25) is 9.69 Å². The van der Waals surface area contributed by atoms with Gasteiger partial charge in [-0.25, -0.2) is 0 Å². The topological polar surface area (TPSA) is 45.5 Å². The number of fused-ring (bicyclic) bond motifs is 1. The predicted octanol–water partition coefficient (Wildman–Crippen LogP) is 2.47. The summed E-state index contributed by atoms with van der Waals surface area (Å²) in [5, 5.41) is 10.6. The van der Waals surface area contributed by atoms with Crippen molar-refractivity contribution >= 4 is 16.9 Å². The zero-order valence-electron chi connectivity index (χ0n) is 11.9. The summed E-state index contributed by atoms with van der Waals surface area (Å²) in [7, 11) is 2.03. The van der Waals surface area contributed by atoms with Crippen molar-refractivity contribution in [2.75, 3.05) is 6.54 Å². The van der Waals surface area contributed by atoms with Crippen LogP contribution in [0, 0.1) is 5.92 Å². The second kappa shape index (κ2) is 4.94. The molecule has 0 saturated carbocycles. The van der Waals surface area contributed by atoms with Crippen LogP contribution in [-0.4, -0.2) is 33.1 Å². The Morgan fingerprint density at radius 3 is 2.90 bits per heavy atom. The number of hydrogen-bond acceptors (Lipinski definition) is 2. The van der Waals surface area contributed by atoms with Gasteiger partial charge in [0.05, 0.1) is 0 Å². The van der Waals surface area contributed by atoms with Gasteiger partial charge in [0.1, 0.15) is 6.04 Å². The molecule has 0 aliphatic carbocycles. The number of aryl methyl sites for hydroxylation is 1. The van der Waals surface area contributed by atoms with Crippen molar-refractivity contribution in [3.63, 3.8) is 0 Å². The summed E-state index contributed by atoms with van der Waals surface area (Å²) in [5.41, 5.74) is 2.41. The van der Waals surface area contributed by atoms with Gasteiger partial charge in [0.15, 0.2) is 0 Å². The summed E-state index contributed by atoms with van der Waals surface area (Å²) in [6, 6.07) is 7.92. The average Bonchev–Trinajstić information content (AvgIpc) is 2.93. The first-order chi connectivity index (χ1) is 9.58. The Morgan fingerprint density at radius 2 is 2.15 bits per heavy atom. The van der Waals surface area contributed by atoms with E-state index in [0.29, 0.717) is 6.54 Å². The minimum atomic E-state index is -0.699. The smallest absolute Gasteiger partial charge is 0.321 e. The van der Waals surface area contributed by atoms with Crippen LogP contribution in [0.3, 0.4) is 0 Å². The van der Waals surface area contributed by atoms with Gasteiger partial charge in [-0.2, -0.15) is 0 Å². The molecule has 0 amide bonds. The van der Waals surface area contributed by atoms with Crippen molar-refractivity contribution in [1.82, 2.24) is 9.47 Å². The molecule has 3 rings (SSSR count). The lowest BCUT2D eigenvalue weighted by atomic mass is 10.0. The van der Waals surface area contributed by atoms with Crippen molar-refractivity contribution in [3.05, 3.63) is 36.0 Å². The number of likely N-dealkylation sites (tertiary alicyclic amines) is 1. The molecule has 1 aliphatic rings. The van der Waals surface area contributed by atoms with E-state index in [9.17, 15) is 9.90 Å². The largest absolute Gasteiger partial charge is 0.480 e. The Morgan fingerprint density at radius 1 is 1.40 bits per heavy atom. The molecular formula is C16H20N2O2. The number of benzene rings is 1. The van der Waals surface area contributed by atoms with Gasteiger partial charge in [-0.1, -0.05) is 25.1 Å². The molecule has 2 heterocycles. The summed E-state index contributed by atoms with van der Waals surface area (Å²) in [6.07, 6.45) is 3.08. The quantitative estimate of drug-likeness (QED) is 0.933. The molecule has 1 saturated heterocycles. The third kappa shape index (κ3) is 2.10. The molecule has 1 fully saturated rings. The fourth-order valence-electron chi connectivity index (χ4n) is 3.37. The van der Waals surface area contributed by atoms with Crippen LogP contribution >= 0.6 is 0 Å². The minimum Gasteiger partial charge on any atom is -0.480 e. The van der Waals surface area contributed by atoms with E-state index in [0.717, 1.165) is 13.0 Å². The summed E-state index contributed by atoms with van der Waals surface area (Å²) in [4.78, 5) is 13.5. The van der Waals surface area contributed by atoms with E-state index in [4.69, 9.17) is 0 Å². The van der Waals surface area contributed by atoms with Crippen molar-refractivity contribution in [2.45, 2.75) is 25.9 Å². The Kier molecular flexibility index (Phi) is 3.26. The van der Waals surface area contributed by atoms with Crippen molar-refractivity contribution in [3.8, 4) is 0 Å². The Labute approximate surface area is 118 Å². The highest BCUT2D eigenvalue weighted by molar-refractivity contribution is 5.84. The summed E-state index contributed by atoms with van der Waals surface area (Å²) < 4.78 is 2.11. The zero-order chi connectivity index (χ0) is 14.3. The third-order valence-corrected chi connectivity index (χ3v) is 4.41. The van der Waals surface area contributed by atoms with Crippen LogP contribution in [0.1, 0.15) is 18.9 Å². The molecule has 1 aliphatic heterocycles. The molecule has 4 heteroatoms. The lowest BCUT2D eigenvalue weighted by Gasteiger charge is -2.22. The van der Waals surface area contributed by atoms with Crippen LogP contribution in [0.4, 0.5) is 0 Å². The molecule has 0 bridgehead atoms. The lowest BCUT2D eigenvalue weighted by Crippen LogP contribution is -2.38. The molecule has 2 aromatic rings. The molecule has 4 nitrogen and oxygen atoms in total. The average molecular weight is 272 g/mol. The van der Waals surface area contributed by atoms with Crippen LogP contribution in [0.5, 0.6) is 0 Å². The van der Waals surface area contributed by atoms with Crippen LogP contribution in [-0.2, 0) is 18.4 Å². The third-order valence-electron chi connectivity index (χ3n) is 4.41. The maximum absolute atomic E-state index is 11.4. The normalized spacial score (nSPS) is 23.5. The number of carboxylic acid groups (broad SMARTS) is 1. The fourth-order valence-corrected chi connectivity index (χ4v) is 3.37. The molecule has 20 heavy (non-hydrogen) atoms. The van der Waals surface area contributed by atoms with Gasteiger partial charge in [0, 0.05) is 30.7 Å². The molecule has 1 aromatic carbocycles. The number of nitrogens with zero attached hydrogens (tertiary/aromatic N) is 2. The van der Waals surface area contributed by atoms with Crippen LogP contribution in [0.25, 0.3) is 10.9 Å². The van der Waals surface area contributed by atoms with E-state index in [-0.39, 0.29) is 12.0 Å². The summed E-state index contributed by atoms with van der Waals surface area (Å²) in [6.45, 7) is 3.60. The maximum atomic E-state index is 11.4. The van der Waals surface area contributed by atoms with Gasteiger partial charge in [0.2, 0.25) is 0 Å². The molecule has 2 atom stereocenters. The van der Waals surface area contributed by atoms with E-state index in [2.05, 4.69) is 27.8 Å². The zero-order valence-corrected chi connectivity index (χ0v) is 11.9. The molecule has 1 aromatic heterocycles. The second-order valence-electron chi connectivity index (χ2n) is 5.80. The van der Waals surface area contributed by atoms with Crippen LogP contribution in [0.15, 0.2) is 30.5 Å². The van der Waals surface area contributed by atoms with Crippen LogP contribution in [0.2, 0.25) is 0 Å². The maximum Gasteiger partial charge on any atom is 0.321 e. The Balaban J connectivity index is 1.92. The van der Waals surface area contributed by atoms with Crippen molar-refractivity contribution < 1.29 is 9.90 Å². The van der Waals surface area contributed by atoms with E-state index in [1.165, 1.54) is 16.5 Å². The monoisotopic (exact) mass is 272 g/mol. The van der Waals surface area contributed by atoms with Gasteiger partial charge in [-0.05, 0) is 30.5 Å². The van der Waals surface area contributed by atoms with E-state index in [1.54, 1.807) is 0 Å². The van der Waals surface area contributed by atoms with E-state index >= 15 is 0 Å². The first kappa shape index (κ1) is 13.2. The Bertz CT molecular complexity index is 647. The number of carbonyl (C=O) groups is 1. The number of aromatic nitrogens is 1. The van der Waals surface area contributed by atoms with Gasteiger partial charge < -0.3 is 9.67 Å². The molecule has 2 unspecified atom stereocenters. The number of rotatable bonds is 3.